The zero-order valence-corrected chi connectivity index (χ0v) is 15.9. The molecule has 0 bridgehead atoms. The number of allylic oxidation sites excluding steroid dienone is 5. The molecule has 4 heteroatoms. The number of hydrogen-bond donors (Lipinski definition) is 0. The van der Waals surface area contributed by atoms with Crippen molar-refractivity contribution in [2.24, 2.45) is 0 Å². The molecule has 2 aromatic carbocycles. The van der Waals surface area contributed by atoms with Gasteiger partial charge in [-0.15, -0.1) is 0 Å². The number of fused-ring (bicyclic) bond motifs is 2. The largest absolute Gasteiger partial charge is 0.297 e. The Morgan fingerprint density at radius 2 is 1.74 bits per heavy atom. The molecule has 0 spiro atoms. The van der Waals surface area contributed by atoms with Crippen LogP contribution >= 0.6 is 0 Å². The monoisotopic (exact) mass is 376 g/mol. The lowest BCUT2D eigenvalue weighted by molar-refractivity contribution is 0.362. The maximum Gasteiger partial charge on any atom is 0.297 e. The second kappa shape index (κ2) is 7.14. The Kier molecular flexibility index (Phi) is 4.68. The van der Waals surface area contributed by atoms with Crippen LogP contribution in [0, 0.1) is 6.92 Å². The SMILES string of the molecule is Cc1ccc(S(=O)(=O)OCC2=c3ccccc3=CC=C3CC=CC=C32)cc1. The van der Waals surface area contributed by atoms with Gasteiger partial charge in [0.1, 0.15) is 0 Å². The van der Waals surface area contributed by atoms with Crippen molar-refractivity contribution in [1.82, 2.24) is 0 Å². The fraction of sp³-hybridized carbons (Fsp3) is 0.130. The van der Waals surface area contributed by atoms with Crippen LogP contribution in [0.25, 0.3) is 11.6 Å². The fourth-order valence-electron chi connectivity index (χ4n) is 3.35. The summed E-state index contributed by atoms with van der Waals surface area (Å²) in [5.41, 5.74) is 4.11. The Balaban J connectivity index is 1.76. The van der Waals surface area contributed by atoms with Crippen LogP contribution in [-0.4, -0.2) is 15.0 Å². The first-order valence-electron chi connectivity index (χ1n) is 8.87. The molecule has 0 N–H and O–H groups in total. The number of aryl methyl sites for hydroxylation is 1. The highest BCUT2D eigenvalue weighted by molar-refractivity contribution is 7.86. The van der Waals surface area contributed by atoms with Crippen molar-refractivity contribution in [2.75, 3.05) is 6.61 Å². The van der Waals surface area contributed by atoms with Gasteiger partial charge >= 0.3 is 0 Å². The molecule has 0 atom stereocenters. The van der Waals surface area contributed by atoms with Gasteiger partial charge < -0.3 is 0 Å². The van der Waals surface area contributed by atoms with Crippen molar-refractivity contribution in [3.8, 4) is 0 Å². The summed E-state index contributed by atoms with van der Waals surface area (Å²) in [6, 6.07) is 14.7. The minimum Gasteiger partial charge on any atom is -0.262 e. The van der Waals surface area contributed by atoms with Crippen molar-refractivity contribution in [3.63, 3.8) is 0 Å². The molecule has 0 aromatic heterocycles. The highest BCUT2D eigenvalue weighted by atomic mass is 32.2. The molecule has 136 valence electrons. The van der Waals surface area contributed by atoms with E-state index in [0.29, 0.717) is 0 Å². The highest BCUT2D eigenvalue weighted by Crippen LogP contribution is 2.28. The Labute approximate surface area is 159 Å². The maximum atomic E-state index is 12.7. The second-order valence-corrected chi connectivity index (χ2v) is 8.28. The first-order chi connectivity index (χ1) is 13.0. The maximum absolute atomic E-state index is 12.7. The Bertz CT molecular complexity index is 1200. The van der Waals surface area contributed by atoms with E-state index < -0.39 is 10.1 Å². The van der Waals surface area contributed by atoms with E-state index in [0.717, 1.165) is 33.6 Å². The van der Waals surface area contributed by atoms with E-state index in [9.17, 15) is 8.42 Å². The van der Waals surface area contributed by atoms with Crippen LogP contribution in [0.3, 0.4) is 0 Å². The van der Waals surface area contributed by atoms with Crippen LogP contribution < -0.4 is 10.4 Å². The van der Waals surface area contributed by atoms with E-state index in [1.54, 1.807) is 24.3 Å². The Morgan fingerprint density at radius 3 is 2.56 bits per heavy atom. The third-order valence-corrected chi connectivity index (χ3v) is 6.10. The first kappa shape index (κ1) is 17.7. The van der Waals surface area contributed by atoms with Crippen molar-refractivity contribution < 1.29 is 12.6 Å². The molecule has 0 radical (unpaired) electrons. The Morgan fingerprint density at radius 1 is 0.963 bits per heavy atom. The predicted molar refractivity (Wildman–Crippen MR) is 108 cm³/mol. The zero-order chi connectivity index (χ0) is 18.9. The van der Waals surface area contributed by atoms with Gasteiger partial charge in [-0.3, -0.25) is 4.18 Å². The van der Waals surface area contributed by atoms with Gasteiger partial charge in [-0.25, -0.2) is 0 Å². The molecular formula is C23H20O3S. The van der Waals surface area contributed by atoms with Crippen molar-refractivity contribution >= 4 is 21.8 Å². The average Bonchev–Trinajstić information content (AvgIpc) is 2.84. The third kappa shape index (κ3) is 3.59. The Hall–Kier alpha value is -2.69. The minimum absolute atomic E-state index is 0.00191. The van der Waals surface area contributed by atoms with Crippen LogP contribution in [-0.2, 0) is 14.3 Å². The quantitative estimate of drug-likeness (QED) is 0.770. The number of rotatable bonds is 4. The summed E-state index contributed by atoms with van der Waals surface area (Å²) in [4.78, 5) is 0.176. The van der Waals surface area contributed by atoms with Crippen LogP contribution in [0.5, 0.6) is 0 Å². The summed E-state index contributed by atoms with van der Waals surface area (Å²) in [7, 11) is -3.82. The molecule has 4 rings (SSSR count). The van der Waals surface area contributed by atoms with Gasteiger partial charge in [0.25, 0.3) is 10.1 Å². The molecular weight excluding hydrogens is 356 g/mol. The molecule has 0 fully saturated rings. The van der Waals surface area contributed by atoms with Gasteiger partial charge in [0, 0.05) is 0 Å². The molecule has 0 amide bonds. The molecule has 0 aliphatic heterocycles. The van der Waals surface area contributed by atoms with E-state index in [-0.39, 0.29) is 11.5 Å². The normalized spacial score (nSPS) is 15.8. The van der Waals surface area contributed by atoms with Gasteiger partial charge in [0.15, 0.2) is 0 Å². The van der Waals surface area contributed by atoms with E-state index in [4.69, 9.17) is 4.18 Å². The van der Waals surface area contributed by atoms with Crippen LogP contribution in [0.1, 0.15) is 12.0 Å². The summed E-state index contributed by atoms with van der Waals surface area (Å²) in [6.07, 6.45) is 11.2. The van der Waals surface area contributed by atoms with Gasteiger partial charge in [0.05, 0.1) is 11.5 Å². The van der Waals surface area contributed by atoms with Crippen LogP contribution in [0.4, 0.5) is 0 Å². The van der Waals surface area contributed by atoms with E-state index in [2.05, 4.69) is 18.2 Å². The third-order valence-electron chi connectivity index (χ3n) is 4.83. The summed E-state index contributed by atoms with van der Waals surface area (Å²) in [5, 5.41) is 2.07. The number of benzene rings is 2. The molecule has 2 aromatic rings. The summed E-state index contributed by atoms with van der Waals surface area (Å²) < 4.78 is 30.8. The summed E-state index contributed by atoms with van der Waals surface area (Å²) in [5.74, 6) is 0. The lowest BCUT2D eigenvalue weighted by Gasteiger charge is -2.17. The van der Waals surface area contributed by atoms with Crippen molar-refractivity contribution in [3.05, 3.63) is 100.0 Å². The van der Waals surface area contributed by atoms with Crippen molar-refractivity contribution in [1.29, 1.82) is 0 Å². The van der Waals surface area contributed by atoms with E-state index in [1.165, 1.54) is 5.57 Å². The lowest BCUT2D eigenvalue weighted by Crippen LogP contribution is -2.28. The second-order valence-electron chi connectivity index (χ2n) is 6.67. The smallest absolute Gasteiger partial charge is 0.262 e. The standard InChI is InChI=1S/C23H20O3S/c1-17-10-14-20(15-11-17)27(24,25)26-16-23-21-8-4-2-6-18(21)12-13-19-7-3-5-9-22(19)23/h2-6,8-15H,7,16H2,1H3. The van der Waals surface area contributed by atoms with Crippen LogP contribution in [0.15, 0.2) is 88.9 Å². The average molecular weight is 376 g/mol. The highest BCUT2D eigenvalue weighted by Gasteiger charge is 2.20. The summed E-state index contributed by atoms with van der Waals surface area (Å²) >= 11 is 0. The molecule has 27 heavy (non-hydrogen) atoms. The van der Waals surface area contributed by atoms with Gasteiger partial charge in [-0.05, 0) is 52.6 Å². The molecule has 0 saturated carbocycles. The summed E-state index contributed by atoms with van der Waals surface area (Å²) in [6.45, 7) is 1.92. The predicted octanol–water partition coefficient (Wildman–Crippen LogP) is 3.16. The minimum atomic E-state index is -3.82. The topological polar surface area (TPSA) is 43.4 Å². The van der Waals surface area contributed by atoms with Crippen molar-refractivity contribution in [2.45, 2.75) is 18.2 Å². The molecule has 0 heterocycles. The van der Waals surface area contributed by atoms with Gasteiger partial charge in [-0.1, -0.05) is 72.3 Å². The molecule has 2 aliphatic carbocycles. The molecule has 0 unspecified atom stereocenters. The number of hydrogen-bond acceptors (Lipinski definition) is 3. The van der Waals surface area contributed by atoms with Gasteiger partial charge in [0.2, 0.25) is 0 Å². The molecule has 3 nitrogen and oxygen atoms in total. The zero-order valence-electron chi connectivity index (χ0n) is 15.1. The van der Waals surface area contributed by atoms with E-state index in [1.807, 2.05) is 43.3 Å². The lowest BCUT2D eigenvalue weighted by atomic mass is 9.91. The molecule has 2 aliphatic rings. The fourth-order valence-corrected chi connectivity index (χ4v) is 4.22. The molecule has 0 saturated heterocycles. The van der Waals surface area contributed by atoms with Crippen LogP contribution in [0.2, 0.25) is 0 Å². The van der Waals surface area contributed by atoms with Gasteiger partial charge in [-0.2, -0.15) is 8.42 Å². The van der Waals surface area contributed by atoms with E-state index >= 15 is 0 Å². The first-order valence-corrected chi connectivity index (χ1v) is 10.3.